The highest BCUT2D eigenvalue weighted by Gasteiger charge is 2.11. The first-order chi connectivity index (χ1) is 8.20. The van der Waals surface area contributed by atoms with Crippen LogP contribution in [0.15, 0.2) is 23.0 Å². The minimum atomic E-state index is -0.356. The van der Waals surface area contributed by atoms with Crippen LogP contribution < -0.4 is 5.69 Å². The number of aliphatic hydroxyl groups is 1. The Hall–Kier alpha value is -2.21. The van der Waals surface area contributed by atoms with Crippen LogP contribution in [0.25, 0.3) is 16.6 Å². The van der Waals surface area contributed by atoms with Gasteiger partial charge in [-0.15, -0.1) is 5.10 Å². The fourth-order valence-corrected chi connectivity index (χ4v) is 1.96. The molecule has 3 aromatic rings. The zero-order chi connectivity index (χ0) is 12.0. The largest absolute Gasteiger partial charge is 0.388 e. The second-order valence-corrected chi connectivity index (χ2v) is 3.85. The average Bonchev–Trinajstić information content (AvgIpc) is 2.73. The number of nitrogens with zero attached hydrogens (tertiary/aromatic N) is 3. The van der Waals surface area contributed by atoms with Gasteiger partial charge in [-0.3, -0.25) is 0 Å². The molecule has 0 amide bonds. The Balaban J connectivity index is 2.61. The van der Waals surface area contributed by atoms with Gasteiger partial charge in [0, 0.05) is 5.39 Å². The van der Waals surface area contributed by atoms with Crippen molar-refractivity contribution < 1.29 is 5.11 Å². The number of nitrogens with one attached hydrogen (secondary N) is 1. The van der Waals surface area contributed by atoms with Crippen molar-refractivity contribution in [1.82, 2.24) is 19.6 Å². The second kappa shape index (κ2) is 3.39. The van der Waals surface area contributed by atoms with Gasteiger partial charge < -0.3 is 10.1 Å². The van der Waals surface area contributed by atoms with Crippen LogP contribution in [-0.2, 0) is 6.61 Å². The van der Waals surface area contributed by atoms with E-state index < -0.39 is 0 Å². The van der Waals surface area contributed by atoms with Crippen LogP contribution in [-0.4, -0.2) is 24.7 Å². The molecule has 6 nitrogen and oxygen atoms in total. The zero-order valence-corrected chi connectivity index (χ0v) is 9.14. The van der Waals surface area contributed by atoms with Crippen molar-refractivity contribution >= 4 is 16.6 Å². The van der Waals surface area contributed by atoms with E-state index in [1.165, 1.54) is 4.52 Å². The summed E-state index contributed by atoms with van der Waals surface area (Å²) in [6, 6.07) is 5.62. The van der Waals surface area contributed by atoms with E-state index in [9.17, 15) is 4.79 Å². The first kappa shape index (κ1) is 9.98. The van der Waals surface area contributed by atoms with Gasteiger partial charge in [0.25, 0.3) is 0 Å². The molecule has 0 aliphatic heterocycles. The maximum atomic E-state index is 11.8. The van der Waals surface area contributed by atoms with Crippen LogP contribution in [0, 0.1) is 6.92 Å². The van der Waals surface area contributed by atoms with Gasteiger partial charge in [0.1, 0.15) is 6.61 Å². The molecule has 0 radical (unpaired) electrons. The molecule has 86 valence electrons. The van der Waals surface area contributed by atoms with Crippen molar-refractivity contribution in [1.29, 1.82) is 0 Å². The molecule has 0 saturated carbocycles. The molecular formula is C11H10N4O2. The van der Waals surface area contributed by atoms with Gasteiger partial charge in [0.2, 0.25) is 0 Å². The molecule has 0 aliphatic rings. The molecule has 0 fully saturated rings. The number of rotatable bonds is 1. The number of aryl methyl sites for hydroxylation is 1. The monoisotopic (exact) mass is 230 g/mol. The van der Waals surface area contributed by atoms with Gasteiger partial charge in [-0.1, -0.05) is 12.1 Å². The molecule has 0 bridgehead atoms. The lowest BCUT2D eigenvalue weighted by Crippen LogP contribution is -2.17. The molecule has 0 atom stereocenters. The number of hydrogen-bond donors (Lipinski definition) is 2. The summed E-state index contributed by atoms with van der Waals surface area (Å²) in [7, 11) is 0. The topological polar surface area (TPSA) is 83.3 Å². The summed E-state index contributed by atoms with van der Waals surface area (Å²) in [6.07, 6.45) is 0. The summed E-state index contributed by atoms with van der Waals surface area (Å²) in [6.45, 7) is 1.66. The molecule has 17 heavy (non-hydrogen) atoms. The number of H-pyrrole nitrogens is 1. The predicted molar refractivity (Wildman–Crippen MR) is 61.8 cm³/mol. The Morgan fingerprint density at radius 2 is 2.29 bits per heavy atom. The Labute approximate surface area is 95.5 Å². The molecule has 6 heteroatoms. The Bertz CT molecular complexity index is 772. The van der Waals surface area contributed by atoms with E-state index >= 15 is 0 Å². The minimum absolute atomic E-state index is 0.242. The fourth-order valence-electron chi connectivity index (χ4n) is 1.96. The quantitative estimate of drug-likeness (QED) is 0.632. The van der Waals surface area contributed by atoms with E-state index in [1.807, 2.05) is 25.1 Å². The van der Waals surface area contributed by atoms with Crippen LogP contribution in [0.4, 0.5) is 0 Å². The lowest BCUT2D eigenvalue weighted by Gasteiger charge is -2.01. The van der Waals surface area contributed by atoms with Crippen LogP contribution in [0.3, 0.4) is 0 Å². The highest BCUT2D eigenvalue weighted by molar-refractivity contribution is 5.93. The van der Waals surface area contributed by atoms with Gasteiger partial charge in [-0.05, 0) is 18.6 Å². The first-order valence-electron chi connectivity index (χ1n) is 5.19. The summed E-state index contributed by atoms with van der Waals surface area (Å²) in [4.78, 5) is 18.7. The minimum Gasteiger partial charge on any atom is -0.388 e. The number of aliphatic hydroxyl groups excluding tert-OH is 1. The zero-order valence-electron chi connectivity index (χ0n) is 9.14. The van der Waals surface area contributed by atoms with Crippen molar-refractivity contribution in [2.24, 2.45) is 0 Å². The summed E-state index contributed by atoms with van der Waals surface area (Å²) >= 11 is 0. The van der Waals surface area contributed by atoms with Gasteiger partial charge in [-0.25, -0.2) is 9.78 Å². The number of aromatic nitrogens is 4. The molecule has 0 saturated heterocycles. The molecule has 2 heterocycles. The third kappa shape index (κ3) is 1.34. The van der Waals surface area contributed by atoms with Crippen molar-refractivity contribution in [2.45, 2.75) is 13.5 Å². The maximum Gasteiger partial charge on any atom is 0.348 e. The number of benzene rings is 1. The fraction of sp³-hybridized carbons (Fsp3) is 0.182. The van der Waals surface area contributed by atoms with Crippen molar-refractivity contribution in [3.05, 3.63) is 40.1 Å². The number of hydrogen-bond acceptors (Lipinski definition) is 4. The lowest BCUT2D eigenvalue weighted by molar-refractivity contribution is 0.271. The van der Waals surface area contributed by atoms with E-state index in [4.69, 9.17) is 5.11 Å². The highest BCUT2D eigenvalue weighted by Crippen LogP contribution is 2.18. The average molecular weight is 230 g/mol. The smallest absolute Gasteiger partial charge is 0.348 e. The molecule has 2 N–H and O–H groups in total. The molecule has 2 aromatic heterocycles. The van der Waals surface area contributed by atoms with Gasteiger partial charge in [0.15, 0.2) is 11.5 Å². The number of fused-ring (bicyclic) bond motifs is 3. The normalized spacial score (nSPS) is 11.4. The second-order valence-electron chi connectivity index (χ2n) is 3.85. The molecule has 0 unspecified atom stereocenters. The Kier molecular flexibility index (Phi) is 1.99. The molecule has 0 spiro atoms. The van der Waals surface area contributed by atoms with E-state index in [2.05, 4.69) is 15.1 Å². The van der Waals surface area contributed by atoms with Crippen molar-refractivity contribution in [2.75, 3.05) is 0 Å². The van der Waals surface area contributed by atoms with Crippen LogP contribution in [0.2, 0.25) is 0 Å². The molecular weight excluding hydrogens is 220 g/mol. The summed E-state index contributed by atoms with van der Waals surface area (Å²) in [5.74, 6) is 0.242. The third-order valence-electron chi connectivity index (χ3n) is 2.72. The van der Waals surface area contributed by atoms with E-state index in [0.29, 0.717) is 5.65 Å². The predicted octanol–water partition coefficient (Wildman–Crippen LogP) is 0.372. The van der Waals surface area contributed by atoms with Gasteiger partial charge in [-0.2, -0.15) is 4.52 Å². The van der Waals surface area contributed by atoms with E-state index in [-0.39, 0.29) is 18.1 Å². The standard InChI is InChI=1S/C11H10N4O2/c1-6-3-2-4-7-9(6)10-13-8(5-16)14-15(10)11(17)12-7/h2-4,16H,5H2,1H3,(H,12,17). The lowest BCUT2D eigenvalue weighted by atomic mass is 10.1. The van der Waals surface area contributed by atoms with E-state index in [1.54, 1.807) is 0 Å². The molecule has 1 aromatic carbocycles. The molecule has 3 rings (SSSR count). The number of aromatic amines is 1. The van der Waals surface area contributed by atoms with E-state index in [0.717, 1.165) is 16.5 Å². The Morgan fingerprint density at radius 3 is 3.06 bits per heavy atom. The highest BCUT2D eigenvalue weighted by atomic mass is 16.3. The van der Waals surface area contributed by atoms with Gasteiger partial charge >= 0.3 is 5.69 Å². The van der Waals surface area contributed by atoms with Crippen molar-refractivity contribution in [3.8, 4) is 0 Å². The van der Waals surface area contributed by atoms with Crippen LogP contribution >= 0.6 is 0 Å². The maximum absolute atomic E-state index is 11.8. The summed E-state index contributed by atoms with van der Waals surface area (Å²) in [5, 5.41) is 13.8. The summed E-state index contributed by atoms with van der Waals surface area (Å²) in [5.41, 5.74) is 1.84. The Morgan fingerprint density at radius 1 is 1.47 bits per heavy atom. The third-order valence-corrected chi connectivity index (χ3v) is 2.72. The first-order valence-corrected chi connectivity index (χ1v) is 5.19. The summed E-state index contributed by atoms with van der Waals surface area (Å²) < 4.78 is 1.18. The SMILES string of the molecule is Cc1cccc2[nH]c(=O)n3nc(CO)nc3c12. The van der Waals surface area contributed by atoms with Crippen LogP contribution in [0.5, 0.6) is 0 Å². The van der Waals surface area contributed by atoms with Crippen molar-refractivity contribution in [3.63, 3.8) is 0 Å². The van der Waals surface area contributed by atoms with Gasteiger partial charge in [0.05, 0.1) is 5.52 Å². The van der Waals surface area contributed by atoms with Crippen LogP contribution in [0.1, 0.15) is 11.4 Å². The molecule has 0 aliphatic carbocycles.